The van der Waals surface area contributed by atoms with E-state index in [0.29, 0.717) is 5.56 Å². The van der Waals surface area contributed by atoms with Crippen molar-refractivity contribution in [3.63, 3.8) is 0 Å². The van der Waals surface area contributed by atoms with Crippen LogP contribution in [0.25, 0.3) is 0 Å². The van der Waals surface area contributed by atoms with Crippen molar-refractivity contribution >= 4 is 58.8 Å². The minimum absolute atomic E-state index is 0.0186. The fraction of sp³-hybridized carbons (Fsp3) is 0.419. The number of esters is 2. The van der Waals surface area contributed by atoms with Gasteiger partial charge in [0, 0.05) is 6.92 Å². The molecule has 0 bridgehead atoms. The van der Waals surface area contributed by atoms with Crippen molar-refractivity contribution in [2.24, 2.45) is 0 Å². The molecule has 250 valence electrons. The molecule has 1 heterocycles. The van der Waals surface area contributed by atoms with Crippen LogP contribution in [0.1, 0.15) is 31.1 Å². The Bertz CT molecular complexity index is 1310. The summed E-state index contributed by atoms with van der Waals surface area (Å²) in [4.78, 5) is 38.0. The van der Waals surface area contributed by atoms with Crippen LogP contribution in [-0.2, 0) is 54.1 Å². The van der Waals surface area contributed by atoms with Crippen molar-refractivity contribution in [2.45, 2.75) is 61.1 Å². The van der Waals surface area contributed by atoms with Gasteiger partial charge in [-0.05, 0) is 18.1 Å². The largest absolute Gasteiger partial charge is 0.509 e. The van der Waals surface area contributed by atoms with Gasteiger partial charge >= 0.3 is 18.1 Å². The minimum Gasteiger partial charge on any atom is -0.464 e. The first-order chi connectivity index (χ1) is 21.9. The molecule has 0 radical (unpaired) electrons. The van der Waals surface area contributed by atoms with E-state index < -0.39 is 71.2 Å². The second kappa shape index (κ2) is 18.1. The molecule has 2 aromatic carbocycles. The minimum atomic E-state index is -2.35. The van der Waals surface area contributed by atoms with Crippen LogP contribution in [0.5, 0.6) is 0 Å². The van der Waals surface area contributed by atoms with Gasteiger partial charge in [-0.15, -0.1) is 0 Å². The summed E-state index contributed by atoms with van der Waals surface area (Å²) in [5.74, 6) is -2.32. The second-order valence-electron chi connectivity index (χ2n) is 9.63. The van der Waals surface area contributed by atoms with Gasteiger partial charge in [0.25, 0.3) is 3.79 Å². The molecule has 1 aliphatic rings. The van der Waals surface area contributed by atoms with E-state index in [-0.39, 0.29) is 19.8 Å². The first kappa shape index (κ1) is 37.1. The molecule has 1 unspecified atom stereocenters. The molecule has 12 nitrogen and oxygen atoms in total. The molecule has 0 spiro atoms. The summed E-state index contributed by atoms with van der Waals surface area (Å²) in [7, 11) is 0. The highest BCUT2D eigenvalue weighted by molar-refractivity contribution is 6.76. The molecule has 0 aromatic heterocycles. The summed E-state index contributed by atoms with van der Waals surface area (Å²) in [6, 6.07) is 17.3. The fourth-order valence-corrected chi connectivity index (χ4v) is 4.42. The number of carbonyl (C=O) groups is 3. The number of halogens is 3. The van der Waals surface area contributed by atoms with Crippen molar-refractivity contribution in [3.05, 3.63) is 84.4 Å². The topological polar surface area (TPSA) is 149 Å². The summed E-state index contributed by atoms with van der Waals surface area (Å²) in [6.07, 6.45) is -8.44. The van der Waals surface area contributed by atoms with E-state index in [1.54, 1.807) is 61.5 Å². The molecule has 0 aliphatic carbocycles. The normalized spacial score (nSPS) is 21.7. The van der Waals surface area contributed by atoms with Crippen LogP contribution in [0.3, 0.4) is 0 Å². The standard InChI is InChI=1S/C31H34Cl3NO11/c1-4-16-40-30(38)45-25-24(42-17-20-12-8-6-9-13-20)22(18-41-19(3)36)43-28(46-29(35)31(32,33)34)26(25)44-23(27(37)39-5-2)21-14-10-7-11-15-21/h4,6-15,22-26,28,35H,1,5,16-18H2,2-3H3/t22-,23+,24-,25+,26-,28?/m1/s1. The van der Waals surface area contributed by atoms with E-state index in [1.165, 1.54) is 13.0 Å². The molecular formula is C31H34Cl3NO11. The first-order valence-electron chi connectivity index (χ1n) is 14.0. The highest BCUT2D eigenvalue weighted by Gasteiger charge is 2.54. The predicted molar refractivity (Wildman–Crippen MR) is 167 cm³/mol. The van der Waals surface area contributed by atoms with Crippen molar-refractivity contribution < 1.29 is 52.3 Å². The van der Waals surface area contributed by atoms with Crippen molar-refractivity contribution in [1.82, 2.24) is 0 Å². The molecule has 2 aromatic rings. The third kappa shape index (κ3) is 11.1. The van der Waals surface area contributed by atoms with Gasteiger partial charge < -0.3 is 37.9 Å². The lowest BCUT2D eigenvalue weighted by atomic mass is 9.97. The molecule has 3 rings (SSSR count). The smallest absolute Gasteiger partial charge is 0.464 e. The zero-order valence-corrected chi connectivity index (χ0v) is 27.2. The Morgan fingerprint density at radius 3 is 2.20 bits per heavy atom. The third-order valence-electron chi connectivity index (χ3n) is 6.27. The Kier molecular flexibility index (Phi) is 14.6. The number of hydrogen-bond acceptors (Lipinski definition) is 12. The number of rotatable bonds is 14. The maximum Gasteiger partial charge on any atom is 0.509 e. The average Bonchev–Trinajstić information content (AvgIpc) is 3.02. The molecule has 15 heteroatoms. The van der Waals surface area contributed by atoms with Gasteiger partial charge in [0.15, 0.2) is 18.3 Å². The Morgan fingerprint density at radius 2 is 1.61 bits per heavy atom. The Labute approximate surface area is 281 Å². The molecule has 46 heavy (non-hydrogen) atoms. The van der Waals surface area contributed by atoms with Gasteiger partial charge in [0.1, 0.15) is 25.4 Å². The average molecular weight is 703 g/mol. The van der Waals surface area contributed by atoms with Crippen molar-refractivity contribution in [1.29, 1.82) is 5.41 Å². The van der Waals surface area contributed by atoms with E-state index in [2.05, 4.69) is 6.58 Å². The van der Waals surface area contributed by atoms with Gasteiger partial charge in [0.2, 0.25) is 12.2 Å². The molecular weight excluding hydrogens is 669 g/mol. The van der Waals surface area contributed by atoms with E-state index in [4.69, 9.17) is 78.1 Å². The zero-order valence-electron chi connectivity index (χ0n) is 25.0. The van der Waals surface area contributed by atoms with Crippen LogP contribution in [0, 0.1) is 5.41 Å². The molecule has 1 saturated heterocycles. The summed E-state index contributed by atoms with van der Waals surface area (Å²) < 4.78 is 43.2. The van der Waals surface area contributed by atoms with Gasteiger partial charge in [-0.1, -0.05) is 108 Å². The van der Waals surface area contributed by atoms with Gasteiger partial charge in [-0.3, -0.25) is 10.2 Å². The SMILES string of the molecule is C=CCOC(=O)O[C@H]1[C@H](OCc2ccccc2)[C@@H](COC(C)=O)OC(OC(=N)C(Cl)(Cl)Cl)[C@@H]1O[C@H](C(=O)OCC)c1ccccc1. The molecule has 6 atom stereocenters. The summed E-state index contributed by atoms with van der Waals surface area (Å²) in [5.41, 5.74) is 1.11. The van der Waals surface area contributed by atoms with Crippen LogP contribution < -0.4 is 0 Å². The maximum atomic E-state index is 13.2. The monoisotopic (exact) mass is 701 g/mol. The highest BCUT2D eigenvalue weighted by Crippen LogP contribution is 2.36. The second-order valence-corrected chi connectivity index (χ2v) is 11.9. The van der Waals surface area contributed by atoms with Crippen molar-refractivity contribution in [3.8, 4) is 0 Å². The fourth-order valence-electron chi connectivity index (χ4n) is 4.28. The lowest BCUT2D eigenvalue weighted by Crippen LogP contribution is -2.63. The molecule has 1 aliphatic heterocycles. The number of ether oxygens (including phenoxy) is 8. The lowest BCUT2D eigenvalue weighted by Gasteiger charge is -2.45. The van der Waals surface area contributed by atoms with Crippen LogP contribution in [0.15, 0.2) is 73.3 Å². The summed E-state index contributed by atoms with van der Waals surface area (Å²) in [5, 5.41) is 8.24. The van der Waals surface area contributed by atoms with E-state index in [1.807, 2.05) is 6.07 Å². The maximum absolute atomic E-state index is 13.2. The van der Waals surface area contributed by atoms with Crippen LogP contribution in [0.4, 0.5) is 4.79 Å². The molecule has 1 fully saturated rings. The summed E-state index contributed by atoms with van der Waals surface area (Å²) in [6.45, 7) is 5.71. The van der Waals surface area contributed by atoms with Crippen LogP contribution in [0.2, 0.25) is 0 Å². The predicted octanol–water partition coefficient (Wildman–Crippen LogP) is 5.62. The van der Waals surface area contributed by atoms with E-state index in [9.17, 15) is 14.4 Å². The third-order valence-corrected chi connectivity index (χ3v) is 6.78. The summed E-state index contributed by atoms with van der Waals surface area (Å²) >= 11 is 17.7. The van der Waals surface area contributed by atoms with Crippen LogP contribution >= 0.6 is 34.8 Å². The van der Waals surface area contributed by atoms with Crippen molar-refractivity contribution in [2.75, 3.05) is 19.8 Å². The quantitative estimate of drug-likeness (QED) is 0.0653. The highest BCUT2D eigenvalue weighted by atomic mass is 35.6. The number of nitrogens with one attached hydrogen (secondary N) is 1. The number of alkyl halides is 3. The Morgan fingerprint density at radius 1 is 0.957 bits per heavy atom. The van der Waals surface area contributed by atoms with Gasteiger partial charge in [-0.25, -0.2) is 9.59 Å². The van der Waals surface area contributed by atoms with Crippen LogP contribution in [-0.4, -0.2) is 78.3 Å². The number of carbonyl (C=O) groups excluding carboxylic acids is 3. The lowest BCUT2D eigenvalue weighted by molar-refractivity contribution is -0.308. The zero-order chi connectivity index (χ0) is 33.7. The Hall–Kier alpha value is -3.39. The number of hydrogen-bond donors (Lipinski definition) is 1. The number of benzene rings is 2. The first-order valence-corrected chi connectivity index (χ1v) is 15.2. The molecule has 0 amide bonds. The Balaban J connectivity index is 2.14. The van der Waals surface area contributed by atoms with E-state index in [0.717, 1.165) is 5.56 Å². The van der Waals surface area contributed by atoms with Gasteiger partial charge in [-0.2, -0.15) is 0 Å². The van der Waals surface area contributed by atoms with E-state index >= 15 is 0 Å². The molecule has 1 N–H and O–H groups in total. The molecule has 0 saturated carbocycles. The van der Waals surface area contributed by atoms with Gasteiger partial charge in [0.05, 0.1) is 13.2 Å².